The zero-order valence-corrected chi connectivity index (χ0v) is 10.9. The second-order valence-electron chi connectivity index (χ2n) is 5.25. The molecule has 0 spiro atoms. The number of hydrogen-bond acceptors (Lipinski definition) is 2. The van der Waals surface area contributed by atoms with E-state index in [0.29, 0.717) is 5.69 Å². The Kier molecular flexibility index (Phi) is 3.81. The predicted molar refractivity (Wildman–Crippen MR) is 70.0 cm³/mol. The summed E-state index contributed by atoms with van der Waals surface area (Å²) in [5.74, 6) is -1.37. The molecule has 0 saturated heterocycles. The highest BCUT2D eigenvalue weighted by Crippen LogP contribution is 2.40. The van der Waals surface area contributed by atoms with Crippen LogP contribution in [0.5, 0.6) is 0 Å². The molecule has 1 rings (SSSR count). The van der Waals surface area contributed by atoms with Crippen molar-refractivity contribution >= 4 is 11.7 Å². The predicted octanol–water partition coefficient (Wildman–Crippen LogP) is 3.18. The quantitative estimate of drug-likeness (QED) is 0.788. The molecule has 0 radical (unpaired) electrons. The second kappa shape index (κ2) is 4.78. The van der Waals surface area contributed by atoms with Gasteiger partial charge in [-0.3, -0.25) is 4.79 Å². The lowest BCUT2D eigenvalue weighted by Crippen LogP contribution is -2.29. The van der Waals surface area contributed by atoms with Crippen LogP contribution >= 0.6 is 0 Å². The van der Waals surface area contributed by atoms with E-state index < -0.39 is 11.9 Å². The van der Waals surface area contributed by atoms with Gasteiger partial charge in [-0.05, 0) is 30.4 Å². The van der Waals surface area contributed by atoms with Crippen molar-refractivity contribution in [2.75, 3.05) is 5.73 Å². The molecule has 17 heavy (non-hydrogen) atoms. The minimum absolute atomic E-state index is 0.312. The Labute approximate surface area is 103 Å². The lowest BCUT2D eigenvalue weighted by molar-refractivity contribution is -0.141. The SMILES string of the molecule is CCC(C)(C)C(C(=O)O)c1cc(C)ccc1N. The van der Waals surface area contributed by atoms with E-state index in [-0.39, 0.29) is 5.41 Å². The summed E-state index contributed by atoms with van der Waals surface area (Å²) in [7, 11) is 0. The van der Waals surface area contributed by atoms with Crippen molar-refractivity contribution in [1.82, 2.24) is 0 Å². The summed E-state index contributed by atoms with van der Waals surface area (Å²) in [5.41, 5.74) is 7.93. The molecule has 1 aromatic carbocycles. The maximum atomic E-state index is 11.5. The zero-order valence-electron chi connectivity index (χ0n) is 10.9. The van der Waals surface area contributed by atoms with Crippen molar-refractivity contribution in [2.45, 2.75) is 40.0 Å². The van der Waals surface area contributed by atoms with Gasteiger partial charge in [0.05, 0.1) is 5.92 Å². The summed E-state index contributed by atoms with van der Waals surface area (Å²) in [6.07, 6.45) is 0.789. The van der Waals surface area contributed by atoms with Crippen molar-refractivity contribution in [2.24, 2.45) is 5.41 Å². The summed E-state index contributed by atoms with van der Waals surface area (Å²) in [6.45, 7) is 7.88. The van der Waals surface area contributed by atoms with Crippen LogP contribution in [0.3, 0.4) is 0 Å². The second-order valence-corrected chi connectivity index (χ2v) is 5.25. The van der Waals surface area contributed by atoms with Crippen LogP contribution in [0.2, 0.25) is 0 Å². The lowest BCUT2D eigenvalue weighted by Gasteiger charge is -2.31. The Morgan fingerprint density at radius 3 is 2.53 bits per heavy atom. The fourth-order valence-electron chi connectivity index (χ4n) is 2.04. The molecular weight excluding hydrogens is 214 g/mol. The van der Waals surface area contributed by atoms with Crippen LogP contribution in [0.4, 0.5) is 5.69 Å². The fraction of sp³-hybridized carbons (Fsp3) is 0.500. The number of aliphatic carboxylic acids is 1. The molecule has 0 saturated carbocycles. The standard InChI is InChI=1S/C14H21NO2/c1-5-14(3,4)12(13(16)17)10-8-9(2)6-7-11(10)15/h6-8,12H,5,15H2,1-4H3,(H,16,17). The zero-order chi connectivity index (χ0) is 13.2. The number of aryl methyl sites for hydroxylation is 1. The van der Waals surface area contributed by atoms with Gasteiger partial charge in [0, 0.05) is 5.69 Å². The molecule has 1 atom stereocenters. The summed E-state index contributed by atoms with van der Waals surface area (Å²) in [4.78, 5) is 11.5. The molecule has 0 amide bonds. The molecule has 0 heterocycles. The maximum Gasteiger partial charge on any atom is 0.311 e. The van der Waals surface area contributed by atoms with Crippen LogP contribution in [0.25, 0.3) is 0 Å². The van der Waals surface area contributed by atoms with E-state index in [1.807, 2.05) is 39.8 Å². The highest BCUT2D eigenvalue weighted by atomic mass is 16.4. The number of hydrogen-bond donors (Lipinski definition) is 2. The Balaban J connectivity index is 3.33. The van der Waals surface area contributed by atoms with Crippen molar-refractivity contribution in [3.63, 3.8) is 0 Å². The summed E-state index contributed by atoms with van der Waals surface area (Å²) in [5, 5.41) is 9.45. The fourth-order valence-corrected chi connectivity index (χ4v) is 2.04. The average Bonchev–Trinajstić information content (AvgIpc) is 2.22. The Bertz CT molecular complexity index is 424. The monoisotopic (exact) mass is 235 g/mol. The topological polar surface area (TPSA) is 63.3 Å². The molecule has 3 nitrogen and oxygen atoms in total. The molecule has 0 aliphatic rings. The molecule has 0 aliphatic heterocycles. The van der Waals surface area contributed by atoms with E-state index in [4.69, 9.17) is 5.73 Å². The van der Waals surface area contributed by atoms with Gasteiger partial charge in [0.2, 0.25) is 0 Å². The van der Waals surface area contributed by atoms with Crippen LogP contribution < -0.4 is 5.73 Å². The first-order chi connectivity index (χ1) is 7.79. The number of rotatable bonds is 4. The van der Waals surface area contributed by atoms with E-state index >= 15 is 0 Å². The minimum Gasteiger partial charge on any atom is -0.481 e. The normalized spacial score (nSPS) is 13.4. The highest BCUT2D eigenvalue weighted by molar-refractivity contribution is 5.79. The van der Waals surface area contributed by atoms with Crippen LogP contribution in [-0.2, 0) is 4.79 Å². The Morgan fingerprint density at radius 2 is 2.06 bits per heavy atom. The molecule has 3 N–H and O–H groups in total. The van der Waals surface area contributed by atoms with E-state index in [1.165, 1.54) is 0 Å². The minimum atomic E-state index is -0.811. The molecule has 94 valence electrons. The number of nitrogens with two attached hydrogens (primary N) is 1. The molecule has 1 aromatic rings. The first kappa shape index (κ1) is 13.6. The number of benzene rings is 1. The first-order valence-corrected chi connectivity index (χ1v) is 5.88. The summed E-state index contributed by atoms with van der Waals surface area (Å²) < 4.78 is 0. The number of carboxylic acids is 1. The number of anilines is 1. The molecule has 0 aromatic heterocycles. The number of nitrogen functional groups attached to an aromatic ring is 1. The molecule has 3 heteroatoms. The van der Waals surface area contributed by atoms with Gasteiger partial charge in [0.25, 0.3) is 0 Å². The average molecular weight is 235 g/mol. The van der Waals surface area contributed by atoms with E-state index in [2.05, 4.69) is 0 Å². The Hall–Kier alpha value is -1.51. The van der Waals surface area contributed by atoms with E-state index in [9.17, 15) is 9.90 Å². The van der Waals surface area contributed by atoms with Crippen molar-refractivity contribution < 1.29 is 9.90 Å². The van der Waals surface area contributed by atoms with Crippen molar-refractivity contribution in [1.29, 1.82) is 0 Å². The lowest BCUT2D eigenvalue weighted by atomic mass is 9.72. The van der Waals surface area contributed by atoms with Crippen LogP contribution in [0.1, 0.15) is 44.2 Å². The van der Waals surface area contributed by atoms with Gasteiger partial charge in [-0.25, -0.2) is 0 Å². The third-order valence-corrected chi connectivity index (χ3v) is 3.49. The van der Waals surface area contributed by atoms with Gasteiger partial charge < -0.3 is 10.8 Å². The van der Waals surface area contributed by atoms with E-state index in [1.54, 1.807) is 6.07 Å². The van der Waals surface area contributed by atoms with Crippen molar-refractivity contribution in [3.05, 3.63) is 29.3 Å². The van der Waals surface area contributed by atoms with Gasteiger partial charge in [-0.1, -0.05) is 38.5 Å². The molecular formula is C14H21NO2. The maximum absolute atomic E-state index is 11.5. The third-order valence-electron chi connectivity index (χ3n) is 3.49. The van der Waals surface area contributed by atoms with Gasteiger partial charge in [0.1, 0.15) is 0 Å². The molecule has 1 unspecified atom stereocenters. The molecule has 0 fully saturated rings. The largest absolute Gasteiger partial charge is 0.481 e. The highest BCUT2D eigenvalue weighted by Gasteiger charge is 2.36. The third kappa shape index (κ3) is 2.78. The van der Waals surface area contributed by atoms with Crippen molar-refractivity contribution in [3.8, 4) is 0 Å². The van der Waals surface area contributed by atoms with Crippen LogP contribution in [0, 0.1) is 12.3 Å². The van der Waals surface area contributed by atoms with Gasteiger partial charge in [0.15, 0.2) is 0 Å². The molecule has 0 bridgehead atoms. The Morgan fingerprint density at radius 1 is 1.47 bits per heavy atom. The summed E-state index contributed by atoms with van der Waals surface area (Å²) >= 11 is 0. The van der Waals surface area contributed by atoms with Gasteiger partial charge in [-0.15, -0.1) is 0 Å². The van der Waals surface area contributed by atoms with Crippen LogP contribution in [-0.4, -0.2) is 11.1 Å². The van der Waals surface area contributed by atoms with Crippen LogP contribution in [0.15, 0.2) is 18.2 Å². The van der Waals surface area contributed by atoms with Gasteiger partial charge in [-0.2, -0.15) is 0 Å². The summed E-state index contributed by atoms with van der Waals surface area (Å²) in [6, 6.07) is 5.56. The first-order valence-electron chi connectivity index (χ1n) is 5.88. The van der Waals surface area contributed by atoms with Gasteiger partial charge >= 0.3 is 5.97 Å². The van der Waals surface area contributed by atoms with E-state index in [0.717, 1.165) is 17.5 Å². The molecule has 0 aliphatic carbocycles. The number of carboxylic acid groups (broad SMARTS) is 1. The number of carbonyl (C=O) groups is 1. The smallest absolute Gasteiger partial charge is 0.311 e.